The molecule has 0 aliphatic carbocycles. The fraction of sp³-hybridized carbons (Fsp3) is 0.333. The van der Waals surface area contributed by atoms with Crippen molar-refractivity contribution < 1.29 is 22.7 Å². The molecule has 3 aromatic rings. The first kappa shape index (κ1) is 33.5. The second kappa shape index (κ2) is 15.0. The van der Waals surface area contributed by atoms with Crippen molar-refractivity contribution in [3.05, 3.63) is 87.4 Å². The molecule has 42 heavy (non-hydrogen) atoms. The molecule has 0 fully saturated rings. The molecule has 0 aliphatic heterocycles. The molecule has 0 unspecified atom stereocenters. The smallest absolute Gasteiger partial charge is 0.264 e. The molecule has 0 radical (unpaired) electrons. The minimum Gasteiger partial charge on any atom is -0.497 e. The Morgan fingerprint density at radius 1 is 0.929 bits per heavy atom. The quantitative estimate of drug-likeness (QED) is 0.225. The van der Waals surface area contributed by atoms with Crippen molar-refractivity contribution in [3.63, 3.8) is 0 Å². The molecule has 0 aliphatic rings. The Morgan fingerprint density at radius 2 is 1.62 bits per heavy atom. The summed E-state index contributed by atoms with van der Waals surface area (Å²) in [6, 6.07) is 16.0. The number of halogens is 3. The second-order valence-electron chi connectivity index (χ2n) is 9.68. The van der Waals surface area contributed by atoms with E-state index < -0.39 is 28.5 Å². The molecule has 0 saturated heterocycles. The standard InChI is InChI=1S/C30H34Cl3N3O5S/c1-5-20(3)34-30(38)28(6-2)35(18-21-10-15-26(32)27(33)16-21)29(37)19-36(23-9-7-8-22(31)17-23)42(39,40)25-13-11-24(41-4)12-14-25/h7-17,20,28H,5-6,18-19H2,1-4H3,(H,34,38)/t20-,28+/m0/s1. The summed E-state index contributed by atoms with van der Waals surface area (Å²) in [5, 5.41) is 3.87. The lowest BCUT2D eigenvalue weighted by molar-refractivity contribution is -0.140. The van der Waals surface area contributed by atoms with Gasteiger partial charge in [0, 0.05) is 17.6 Å². The molecular formula is C30H34Cl3N3O5S. The maximum absolute atomic E-state index is 14.1. The molecule has 2 amide bonds. The summed E-state index contributed by atoms with van der Waals surface area (Å²) in [5.41, 5.74) is 0.818. The summed E-state index contributed by atoms with van der Waals surface area (Å²) >= 11 is 18.6. The average molecular weight is 655 g/mol. The van der Waals surface area contributed by atoms with Crippen molar-refractivity contribution in [3.8, 4) is 5.75 Å². The van der Waals surface area contributed by atoms with Crippen molar-refractivity contribution in [2.45, 2.75) is 57.1 Å². The number of hydrogen-bond donors (Lipinski definition) is 1. The van der Waals surface area contributed by atoms with Crippen molar-refractivity contribution in [2.24, 2.45) is 0 Å². The van der Waals surface area contributed by atoms with Crippen LogP contribution in [0.15, 0.2) is 71.6 Å². The van der Waals surface area contributed by atoms with Gasteiger partial charge in [0.15, 0.2) is 0 Å². The highest BCUT2D eigenvalue weighted by Crippen LogP contribution is 2.29. The van der Waals surface area contributed by atoms with Gasteiger partial charge in [-0.15, -0.1) is 0 Å². The third-order valence-electron chi connectivity index (χ3n) is 6.75. The highest BCUT2D eigenvalue weighted by atomic mass is 35.5. The maximum atomic E-state index is 14.1. The summed E-state index contributed by atoms with van der Waals surface area (Å²) in [5.74, 6) is -0.456. The average Bonchev–Trinajstić information content (AvgIpc) is 2.97. The van der Waals surface area contributed by atoms with E-state index in [1.54, 1.807) is 43.3 Å². The summed E-state index contributed by atoms with van der Waals surface area (Å²) < 4.78 is 34.1. The molecule has 3 aromatic carbocycles. The third-order valence-corrected chi connectivity index (χ3v) is 9.51. The van der Waals surface area contributed by atoms with Gasteiger partial charge in [-0.25, -0.2) is 8.42 Å². The van der Waals surface area contributed by atoms with Crippen LogP contribution in [0.4, 0.5) is 5.69 Å². The Kier molecular flexibility index (Phi) is 11.9. The molecule has 0 spiro atoms. The molecule has 0 aromatic heterocycles. The van der Waals surface area contributed by atoms with E-state index in [0.29, 0.717) is 32.8 Å². The summed E-state index contributed by atoms with van der Waals surface area (Å²) in [6.07, 6.45) is 0.989. The van der Waals surface area contributed by atoms with E-state index >= 15 is 0 Å². The Morgan fingerprint density at radius 3 is 2.19 bits per heavy atom. The zero-order chi connectivity index (χ0) is 31.0. The Labute approximate surface area is 262 Å². The summed E-state index contributed by atoms with van der Waals surface area (Å²) in [6.45, 7) is 5.01. The first-order valence-corrected chi connectivity index (χ1v) is 15.9. The Balaban J connectivity index is 2.08. The molecule has 8 nitrogen and oxygen atoms in total. The number of carbonyl (C=O) groups is 2. The van der Waals surface area contributed by atoms with Crippen LogP contribution in [-0.4, -0.2) is 50.9 Å². The van der Waals surface area contributed by atoms with E-state index in [4.69, 9.17) is 39.5 Å². The van der Waals surface area contributed by atoms with Gasteiger partial charge in [-0.3, -0.25) is 13.9 Å². The zero-order valence-corrected chi connectivity index (χ0v) is 26.9. The van der Waals surface area contributed by atoms with Crippen molar-refractivity contribution in [1.29, 1.82) is 0 Å². The van der Waals surface area contributed by atoms with Crippen LogP contribution in [0.2, 0.25) is 15.1 Å². The van der Waals surface area contributed by atoms with Crippen LogP contribution < -0.4 is 14.4 Å². The number of benzene rings is 3. The first-order valence-electron chi connectivity index (χ1n) is 13.4. The van der Waals surface area contributed by atoms with E-state index in [0.717, 1.165) is 4.31 Å². The normalized spacial score (nSPS) is 12.7. The van der Waals surface area contributed by atoms with Crippen LogP contribution >= 0.6 is 34.8 Å². The maximum Gasteiger partial charge on any atom is 0.264 e. The van der Waals surface area contributed by atoms with Gasteiger partial charge >= 0.3 is 0 Å². The molecule has 0 bridgehead atoms. The predicted octanol–water partition coefficient (Wildman–Crippen LogP) is 6.57. The Hall–Kier alpha value is -2.98. The number of nitrogens with one attached hydrogen (secondary N) is 1. The highest BCUT2D eigenvalue weighted by molar-refractivity contribution is 7.92. The van der Waals surface area contributed by atoms with Crippen LogP contribution in [-0.2, 0) is 26.2 Å². The van der Waals surface area contributed by atoms with Crippen LogP contribution in [0, 0.1) is 0 Å². The molecule has 0 saturated carbocycles. The molecule has 3 rings (SSSR count). The van der Waals surface area contributed by atoms with Crippen molar-refractivity contribution in [1.82, 2.24) is 10.2 Å². The van der Waals surface area contributed by atoms with Gasteiger partial charge in [0.25, 0.3) is 10.0 Å². The van der Waals surface area contributed by atoms with Crippen LogP contribution in [0.3, 0.4) is 0 Å². The lowest BCUT2D eigenvalue weighted by atomic mass is 10.1. The molecule has 12 heteroatoms. The van der Waals surface area contributed by atoms with Gasteiger partial charge in [-0.2, -0.15) is 0 Å². The van der Waals surface area contributed by atoms with Crippen molar-refractivity contribution in [2.75, 3.05) is 18.0 Å². The monoisotopic (exact) mass is 653 g/mol. The van der Waals surface area contributed by atoms with Gasteiger partial charge in [0.2, 0.25) is 11.8 Å². The van der Waals surface area contributed by atoms with Crippen LogP contribution in [0.1, 0.15) is 39.2 Å². The molecular weight excluding hydrogens is 621 g/mol. The van der Waals surface area contributed by atoms with Gasteiger partial charge in [0.05, 0.1) is 27.7 Å². The van der Waals surface area contributed by atoms with Gasteiger partial charge in [0.1, 0.15) is 18.3 Å². The molecule has 226 valence electrons. The van der Waals surface area contributed by atoms with E-state index in [9.17, 15) is 18.0 Å². The van der Waals surface area contributed by atoms with Crippen LogP contribution in [0.25, 0.3) is 0 Å². The predicted molar refractivity (Wildman–Crippen MR) is 168 cm³/mol. The summed E-state index contributed by atoms with van der Waals surface area (Å²) in [7, 11) is -2.78. The molecule has 0 heterocycles. The molecule has 2 atom stereocenters. The number of methoxy groups -OCH3 is 1. The second-order valence-corrected chi connectivity index (χ2v) is 12.8. The first-order chi connectivity index (χ1) is 19.9. The van der Waals surface area contributed by atoms with Gasteiger partial charge in [-0.05, 0) is 79.9 Å². The van der Waals surface area contributed by atoms with Crippen LogP contribution in [0.5, 0.6) is 5.75 Å². The minimum absolute atomic E-state index is 0.00583. The van der Waals surface area contributed by atoms with Gasteiger partial charge < -0.3 is 15.0 Å². The number of anilines is 1. The SMILES string of the molecule is CC[C@H](C(=O)N[C@@H](C)CC)N(Cc1ccc(Cl)c(Cl)c1)C(=O)CN(c1cccc(Cl)c1)S(=O)(=O)c1ccc(OC)cc1. The number of amides is 2. The number of sulfonamides is 1. The molecule has 1 N–H and O–H groups in total. The number of rotatable bonds is 13. The van der Waals surface area contributed by atoms with E-state index in [-0.39, 0.29) is 35.5 Å². The van der Waals surface area contributed by atoms with E-state index in [1.807, 2.05) is 13.8 Å². The van der Waals surface area contributed by atoms with E-state index in [2.05, 4.69) is 5.32 Å². The number of carbonyl (C=O) groups excluding carboxylic acids is 2. The number of hydrogen-bond acceptors (Lipinski definition) is 5. The van der Waals surface area contributed by atoms with E-state index in [1.165, 1.54) is 42.3 Å². The van der Waals surface area contributed by atoms with Gasteiger partial charge in [-0.1, -0.05) is 60.8 Å². The summed E-state index contributed by atoms with van der Waals surface area (Å²) in [4.78, 5) is 28.8. The zero-order valence-electron chi connectivity index (χ0n) is 23.8. The highest BCUT2D eigenvalue weighted by Gasteiger charge is 2.34. The lowest BCUT2D eigenvalue weighted by Crippen LogP contribution is -2.53. The number of ether oxygens (including phenoxy) is 1. The largest absolute Gasteiger partial charge is 0.497 e. The topological polar surface area (TPSA) is 96.0 Å². The minimum atomic E-state index is -4.25. The number of nitrogens with zero attached hydrogens (tertiary/aromatic N) is 2. The lowest BCUT2D eigenvalue weighted by Gasteiger charge is -2.33. The van der Waals surface area contributed by atoms with Crippen molar-refractivity contribution >= 4 is 62.3 Å². The third kappa shape index (κ3) is 8.31. The fourth-order valence-electron chi connectivity index (χ4n) is 4.23. The fourth-order valence-corrected chi connectivity index (χ4v) is 6.14. The Bertz CT molecular complexity index is 1500.